The summed E-state index contributed by atoms with van der Waals surface area (Å²) in [6.45, 7) is 3.28. The fraction of sp³-hybridized carbons (Fsp3) is 0.286. The number of aryl methyl sites for hydroxylation is 1. The van der Waals surface area contributed by atoms with Crippen LogP contribution in [0.1, 0.15) is 36.1 Å². The SMILES string of the molecule is CCCc1cc2c([C@@H]3CO3)ccc(OCc3ccccc3)c2[nH]c1=O. The molecule has 2 heterocycles. The average molecular weight is 335 g/mol. The maximum Gasteiger partial charge on any atom is 0.251 e. The first-order valence-corrected chi connectivity index (χ1v) is 8.73. The molecule has 0 spiro atoms. The Kier molecular flexibility index (Phi) is 4.28. The van der Waals surface area contributed by atoms with Crippen LogP contribution in [-0.4, -0.2) is 11.6 Å². The highest BCUT2D eigenvalue weighted by atomic mass is 16.6. The van der Waals surface area contributed by atoms with Crippen molar-refractivity contribution in [2.24, 2.45) is 0 Å². The van der Waals surface area contributed by atoms with Gasteiger partial charge in [-0.15, -0.1) is 0 Å². The summed E-state index contributed by atoms with van der Waals surface area (Å²) in [4.78, 5) is 15.4. The first kappa shape index (κ1) is 15.9. The summed E-state index contributed by atoms with van der Waals surface area (Å²) in [5.74, 6) is 0.698. The molecule has 0 aliphatic carbocycles. The van der Waals surface area contributed by atoms with Crippen molar-refractivity contribution in [3.05, 3.63) is 75.6 Å². The van der Waals surface area contributed by atoms with E-state index in [9.17, 15) is 4.79 Å². The van der Waals surface area contributed by atoms with Crippen LogP contribution in [0, 0.1) is 0 Å². The van der Waals surface area contributed by atoms with Crippen LogP contribution in [-0.2, 0) is 17.8 Å². The molecule has 1 aliphatic rings. The van der Waals surface area contributed by atoms with Gasteiger partial charge >= 0.3 is 0 Å². The smallest absolute Gasteiger partial charge is 0.251 e. The third-order valence-corrected chi connectivity index (χ3v) is 4.53. The lowest BCUT2D eigenvalue weighted by atomic mass is 10.0. The largest absolute Gasteiger partial charge is 0.487 e. The van der Waals surface area contributed by atoms with Crippen molar-refractivity contribution in [3.63, 3.8) is 0 Å². The molecule has 25 heavy (non-hydrogen) atoms. The first-order valence-electron chi connectivity index (χ1n) is 8.73. The highest BCUT2D eigenvalue weighted by molar-refractivity contribution is 5.88. The van der Waals surface area contributed by atoms with Gasteiger partial charge in [0, 0.05) is 10.9 Å². The van der Waals surface area contributed by atoms with Crippen LogP contribution >= 0.6 is 0 Å². The lowest BCUT2D eigenvalue weighted by Gasteiger charge is -2.13. The molecule has 2 aromatic carbocycles. The molecule has 4 heteroatoms. The average Bonchev–Trinajstić information content (AvgIpc) is 3.46. The van der Waals surface area contributed by atoms with E-state index in [0.717, 1.165) is 47.0 Å². The van der Waals surface area contributed by atoms with Gasteiger partial charge in [-0.05, 0) is 29.7 Å². The van der Waals surface area contributed by atoms with Crippen molar-refractivity contribution in [1.82, 2.24) is 4.98 Å². The Morgan fingerprint density at radius 3 is 2.72 bits per heavy atom. The van der Waals surface area contributed by atoms with Crippen molar-refractivity contribution in [1.29, 1.82) is 0 Å². The van der Waals surface area contributed by atoms with E-state index >= 15 is 0 Å². The van der Waals surface area contributed by atoms with Crippen molar-refractivity contribution >= 4 is 10.9 Å². The Morgan fingerprint density at radius 2 is 2.00 bits per heavy atom. The topological polar surface area (TPSA) is 54.6 Å². The van der Waals surface area contributed by atoms with E-state index in [0.29, 0.717) is 12.4 Å². The Labute approximate surface area is 146 Å². The minimum absolute atomic E-state index is 0.0345. The molecular weight excluding hydrogens is 314 g/mol. The Hall–Kier alpha value is -2.59. The van der Waals surface area contributed by atoms with Crippen molar-refractivity contribution in [2.75, 3.05) is 6.61 Å². The molecular formula is C21H21NO3. The molecule has 1 atom stereocenters. The number of hydrogen-bond acceptors (Lipinski definition) is 3. The van der Waals surface area contributed by atoms with Gasteiger partial charge in [-0.1, -0.05) is 49.7 Å². The quantitative estimate of drug-likeness (QED) is 0.689. The highest BCUT2D eigenvalue weighted by Crippen LogP contribution is 2.37. The second-order valence-electron chi connectivity index (χ2n) is 6.41. The molecule has 0 bridgehead atoms. The molecule has 3 aromatic rings. The van der Waals surface area contributed by atoms with Crippen LogP contribution in [0.4, 0.5) is 0 Å². The van der Waals surface area contributed by atoms with E-state index in [-0.39, 0.29) is 11.7 Å². The summed E-state index contributed by atoms with van der Waals surface area (Å²) in [6.07, 6.45) is 1.84. The minimum Gasteiger partial charge on any atom is -0.487 e. The number of fused-ring (bicyclic) bond motifs is 1. The normalized spacial score (nSPS) is 16.1. The number of nitrogens with one attached hydrogen (secondary N) is 1. The third kappa shape index (κ3) is 3.30. The zero-order valence-corrected chi connectivity index (χ0v) is 14.2. The van der Waals surface area contributed by atoms with Gasteiger partial charge in [-0.2, -0.15) is 0 Å². The van der Waals surface area contributed by atoms with E-state index in [1.807, 2.05) is 48.5 Å². The molecule has 128 valence electrons. The minimum atomic E-state index is -0.0345. The van der Waals surface area contributed by atoms with Gasteiger partial charge in [0.05, 0.1) is 12.1 Å². The number of hydrogen-bond donors (Lipinski definition) is 1. The number of ether oxygens (including phenoxy) is 2. The molecule has 1 saturated heterocycles. The van der Waals surface area contributed by atoms with E-state index < -0.39 is 0 Å². The van der Waals surface area contributed by atoms with Gasteiger partial charge in [0.15, 0.2) is 0 Å². The maximum atomic E-state index is 12.4. The van der Waals surface area contributed by atoms with Crippen LogP contribution in [0.3, 0.4) is 0 Å². The van der Waals surface area contributed by atoms with Crippen molar-refractivity contribution < 1.29 is 9.47 Å². The van der Waals surface area contributed by atoms with Gasteiger partial charge in [-0.25, -0.2) is 0 Å². The van der Waals surface area contributed by atoms with E-state index in [1.54, 1.807) is 0 Å². The predicted molar refractivity (Wildman–Crippen MR) is 98.0 cm³/mol. The number of H-pyrrole nitrogens is 1. The Balaban J connectivity index is 1.75. The number of benzene rings is 2. The first-order chi connectivity index (χ1) is 12.3. The number of rotatable bonds is 6. The number of epoxide rings is 1. The number of pyridine rings is 1. The summed E-state index contributed by atoms with van der Waals surface area (Å²) in [6, 6.07) is 16.0. The van der Waals surface area contributed by atoms with Gasteiger partial charge in [0.1, 0.15) is 18.5 Å². The molecule has 0 amide bonds. The predicted octanol–water partition coefficient (Wildman–Crippen LogP) is 4.13. The van der Waals surface area contributed by atoms with Crippen LogP contribution in [0.25, 0.3) is 10.9 Å². The second kappa shape index (κ2) is 6.73. The van der Waals surface area contributed by atoms with Crippen LogP contribution < -0.4 is 10.3 Å². The zero-order valence-electron chi connectivity index (χ0n) is 14.2. The van der Waals surface area contributed by atoms with Crippen LogP contribution in [0.5, 0.6) is 5.75 Å². The fourth-order valence-electron chi connectivity index (χ4n) is 3.15. The molecule has 0 unspecified atom stereocenters. The van der Waals surface area contributed by atoms with Crippen LogP contribution in [0.2, 0.25) is 0 Å². The number of aromatic nitrogens is 1. The molecule has 1 fully saturated rings. The monoisotopic (exact) mass is 335 g/mol. The van der Waals surface area contributed by atoms with Crippen molar-refractivity contribution in [3.8, 4) is 5.75 Å². The molecule has 1 aromatic heterocycles. The molecule has 1 aliphatic heterocycles. The summed E-state index contributed by atoms with van der Waals surface area (Å²) >= 11 is 0. The van der Waals surface area contributed by atoms with Gasteiger partial charge < -0.3 is 14.5 Å². The molecule has 4 rings (SSSR count). The molecule has 0 radical (unpaired) electrons. The zero-order chi connectivity index (χ0) is 17.2. The van der Waals surface area contributed by atoms with Crippen LogP contribution in [0.15, 0.2) is 53.3 Å². The summed E-state index contributed by atoms with van der Waals surface area (Å²) in [7, 11) is 0. The molecule has 1 N–H and O–H groups in total. The number of aromatic amines is 1. The lowest BCUT2D eigenvalue weighted by molar-refractivity contribution is 0.309. The van der Waals surface area contributed by atoms with Gasteiger partial charge in [0.25, 0.3) is 5.56 Å². The Morgan fingerprint density at radius 1 is 1.20 bits per heavy atom. The van der Waals surface area contributed by atoms with Gasteiger partial charge in [0.2, 0.25) is 0 Å². The lowest BCUT2D eigenvalue weighted by Crippen LogP contribution is -2.13. The second-order valence-corrected chi connectivity index (χ2v) is 6.41. The molecule has 4 nitrogen and oxygen atoms in total. The van der Waals surface area contributed by atoms with E-state index in [4.69, 9.17) is 9.47 Å². The standard InChI is InChI=1S/C21H21NO3/c1-2-6-15-11-17-16(19-13-25-19)9-10-18(20(17)22-21(15)23)24-12-14-7-4-3-5-8-14/h3-5,7-11,19H,2,6,12-13H2,1H3,(H,22,23)/t19-/m0/s1. The highest BCUT2D eigenvalue weighted by Gasteiger charge is 2.27. The summed E-state index contributed by atoms with van der Waals surface area (Å²) in [5, 5.41) is 1.02. The maximum absolute atomic E-state index is 12.4. The summed E-state index contributed by atoms with van der Waals surface area (Å²) < 4.78 is 11.5. The fourth-order valence-corrected chi connectivity index (χ4v) is 3.15. The van der Waals surface area contributed by atoms with E-state index in [2.05, 4.69) is 11.9 Å². The van der Waals surface area contributed by atoms with Crippen molar-refractivity contribution in [2.45, 2.75) is 32.5 Å². The third-order valence-electron chi connectivity index (χ3n) is 4.53. The van der Waals surface area contributed by atoms with E-state index in [1.165, 1.54) is 0 Å². The Bertz CT molecular complexity index is 943. The molecule has 0 saturated carbocycles. The summed E-state index contributed by atoms with van der Waals surface area (Å²) in [5.41, 5.74) is 3.75. The van der Waals surface area contributed by atoms with Gasteiger partial charge in [-0.3, -0.25) is 4.79 Å².